The molecule has 0 spiro atoms. The maximum absolute atomic E-state index is 12.3. The minimum absolute atomic E-state index is 0. The predicted octanol–water partition coefficient (Wildman–Crippen LogP) is -2.05. The number of carbonyl (C=O) groups is 1. The van der Waals surface area contributed by atoms with Gasteiger partial charge in [0.2, 0.25) is 5.52 Å². The molecular formula is C25H33I2N3OS. The molecule has 0 aliphatic heterocycles. The van der Waals surface area contributed by atoms with Crippen molar-refractivity contribution in [3.63, 3.8) is 0 Å². The molecule has 3 rings (SSSR count). The number of amides is 1. The highest BCUT2D eigenvalue weighted by molar-refractivity contribution is 7.96. The topological polar surface area (TPSA) is 45.0 Å². The maximum Gasteiger partial charge on any atom is 0.288 e. The number of aryl methyl sites for hydroxylation is 3. The highest BCUT2D eigenvalue weighted by Gasteiger charge is 2.16. The van der Waals surface area contributed by atoms with E-state index in [4.69, 9.17) is 0 Å². The lowest BCUT2D eigenvalue weighted by Crippen LogP contribution is -3.00. The molecule has 3 aromatic rings. The SMILES string of the molecule is CCCC[S+](C)CC(=O)NNc1ccccc1CCc1cc[n+](C)c2ccccc12.[I-].[I-]. The molecule has 0 fully saturated rings. The third-order valence-corrected chi connectivity index (χ3v) is 7.11. The number of rotatable bonds is 10. The van der Waals surface area contributed by atoms with Crippen molar-refractivity contribution in [3.8, 4) is 0 Å². The molecule has 2 aromatic carbocycles. The Labute approximate surface area is 229 Å². The van der Waals surface area contributed by atoms with Gasteiger partial charge in [-0.05, 0) is 53.4 Å². The van der Waals surface area contributed by atoms with Gasteiger partial charge in [-0.3, -0.25) is 15.6 Å². The average molecular weight is 677 g/mol. The van der Waals surface area contributed by atoms with Crippen LogP contribution in [0.3, 0.4) is 0 Å². The Kier molecular flexibility index (Phi) is 13.5. The molecule has 32 heavy (non-hydrogen) atoms. The molecule has 174 valence electrons. The number of pyridine rings is 1. The summed E-state index contributed by atoms with van der Waals surface area (Å²) in [5.41, 5.74) is 10.8. The molecule has 0 bridgehead atoms. The van der Waals surface area contributed by atoms with Crippen molar-refractivity contribution >= 4 is 33.4 Å². The number of hydrazine groups is 1. The van der Waals surface area contributed by atoms with Gasteiger partial charge in [0, 0.05) is 17.5 Å². The molecule has 0 aliphatic rings. The molecule has 2 N–H and O–H groups in total. The lowest BCUT2D eigenvalue weighted by atomic mass is 10.00. The summed E-state index contributed by atoms with van der Waals surface area (Å²) in [5.74, 6) is 1.78. The number of carbonyl (C=O) groups excluding carboxylic acids is 1. The van der Waals surface area contributed by atoms with E-state index in [1.54, 1.807) is 0 Å². The third kappa shape index (κ3) is 8.37. The van der Waals surface area contributed by atoms with Gasteiger partial charge >= 0.3 is 0 Å². The Bertz CT molecular complexity index is 1000. The smallest absolute Gasteiger partial charge is 0.288 e. The van der Waals surface area contributed by atoms with Crippen LogP contribution >= 0.6 is 0 Å². The van der Waals surface area contributed by atoms with Crippen LogP contribution in [0.2, 0.25) is 0 Å². The Morgan fingerprint density at radius 1 is 0.969 bits per heavy atom. The van der Waals surface area contributed by atoms with Crippen LogP contribution in [0.1, 0.15) is 30.9 Å². The first-order chi connectivity index (χ1) is 14.6. The zero-order valence-electron chi connectivity index (χ0n) is 19.0. The third-order valence-electron chi connectivity index (χ3n) is 5.37. The van der Waals surface area contributed by atoms with Crippen LogP contribution in [0, 0.1) is 0 Å². The largest absolute Gasteiger partial charge is 1.00 e. The minimum Gasteiger partial charge on any atom is -1.00 e. The highest BCUT2D eigenvalue weighted by atomic mass is 127. The summed E-state index contributed by atoms with van der Waals surface area (Å²) >= 11 is 0. The molecule has 1 atom stereocenters. The fourth-order valence-corrected chi connectivity index (χ4v) is 5.08. The Hall–Kier alpha value is -1.07. The molecule has 1 heterocycles. The monoisotopic (exact) mass is 677 g/mol. The summed E-state index contributed by atoms with van der Waals surface area (Å²) in [6.07, 6.45) is 8.53. The molecule has 1 unspecified atom stereocenters. The minimum atomic E-state index is 0. The van der Waals surface area contributed by atoms with Crippen molar-refractivity contribution in [2.45, 2.75) is 32.6 Å². The van der Waals surface area contributed by atoms with Crippen molar-refractivity contribution in [2.75, 3.05) is 23.2 Å². The van der Waals surface area contributed by atoms with Crippen LogP contribution in [0.25, 0.3) is 10.9 Å². The quantitative estimate of drug-likeness (QED) is 0.113. The van der Waals surface area contributed by atoms with E-state index < -0.39 is 0 Å². The van der Waals surface area contributed by atoms with E-state index in [1.807, 2.05) is 12.1 Å². The summed E-state index contributed by atoms with van der Waals surface area (Å²) in [7, 11) is 2.22. The van der Waals surface area contributed by atoms with Crippen molar-refractivity contribution in [3.05, 3.63) is 71.9 Å². The lowest BCUT2D eigenvalue weighted by molar-refractivity contribution is -0.644. The Morgan fingerprint density at radius 2 is 1.66 bits per heavy atom. The number of para-hydroxylation sites is 2. The van der Waals surface area contributed by atoms with E-state index in [0.29, 0.717) is 5.75 Å². The van der Waals surface area contributed by atoms with Gasteiger partial charge in [-0.2, -0.15) is 0 Å². The summed E-state index contributed by atoms with van der Waals surface area (Å²) in [6, 6.07) is 18.9. The van der Waals surface area contributed by atoms with Crippen LogP contribution < -0.4 is 63.4 Å². The van der Waals surface area contributed by atoms with E-state index in [9.17, 15) is 4.79 Å². The lowest BCUT2D eigenvalue weighted by Gasteiger charge is -2.13. The van der Waals surface area contributed by atoms with Crippen LogP contribution in [-0.2, 0) is 35.6 Å². The Morgan fingerprint density at radius 3 is 2.44 bits per heavy atom. The number of fused-ring (bicyclic) bond motifs is 1. The molecule has 7 heteroatoms. The molecule has 0 saturated carbocycles. The normalized spacial score (nSPS) is 11.2. The van der Waals surface area contributed by atoms with Crippen molar-refractivity contribution in [2.24, 2.45) is 7.05 Å². The molecule has 0 aliphatic carbocycles. The Balaban J connectivity index is 0.00000256. The number of hydrogen-bond donors (Lipinski definition) is 2. The van der Waals surface area contributed by atoms with Gasteiger partial charge in [0.05, 0.1) is 11.9 Å². The fourth-order valence-electron chi connectivity index (χ4n) is 3.63. The molecule has 4 nitrogen and oxygen atoms in total. The van der Waals surface area contributed by atoms with E-state index in [2.05, 4.69) is 84.3 Å². The standard InChI is InChI=1S/C25H32N3OS.2HI/c1-4-5-18-30(3)19-25(29)27-26-23-12-8-6-10-21(23)15-14-20-16-17-28(2)24-13-9-7-11-22(20)24;;/h6-13,16-17,26H,4-5,14-15,18-19H2,1-3H3;2*1H/q+1;;/p-1. The maximum atomic E-state index is 12.3. The summed E-state index contributed by atoms with van der Waals surface area (Å²) in [5, 5.41) is 1.29. The molecule has 1 amide bonds. The first-order valence-corrected chi connectivity index (χ1v) is 12.6. The van der Waals surface area contributed by atoms with E-state index in [0.717, 1.165) is 24.3 Å². The number of halogens is 2. The zero-order chi connectivity index (χ0) is 21.3. The zero-order valence-corrected chi connectivity index (χ0v) is 24.2. The van der Waals surface area contributed by atoms with E-state index >= 15 is 0 Å². The number of benzene rings is 2. The molecule has 1 aromatic heterocycles. The van der Waals surface area contributed by atoms with Crippen molar-refractivity contribution < 1.29 is 57.3 Å². The van der Waals surface area contributed by atoms with Gasteiger partial charge in [-0.1, -0.05) is 43.7 Å². The van der Waals surface area contributed by atoms with Gasteiger partial charge in [0.15, 0.2) is 11.9 Å². The van der Waals surface area contributed by atoms with Crippen LogP contribution in [0.15, 0.2) is 60.8 Å². The molecular weight excluding hydrogens is 644 g/mol. The van der Waals surface area contributed by atoms with E-state index in [1.165, 1.54) is 34.9 Å². The van der Waals surface area contributed by atoms with Gasteiger partial charge in [0.1, 0.15) is 12.8 Å². The van der Waals surface area contributed by atoms with Gasteiger partial charge < -0.3 is 48.0 Å². The van der Waals surface area contributed by atoms with Gasteiger partial charge in [-0.25, -0.2) is 4.57 Å². The number of nitrogens with one attached hydrogen (secondary N) is 2. The van der Waals surface area contributed by atoms with Crippen LogP contribution in [-0.4, -0.2) is 23.7 Å². The van der Waals surface area contributed by atoms with E-state index in [-0.39, 0.29) is 64.8 Å². The predicted molar refractivity (Wildman–Crippen MR) is 129 cm³/mol. The number of aromatic nitrogens is 1. The number of anilines is 1. The first-order valence-electron chi connectivity index (χ1n) is 10.7. The summed E-state index contributed by atoms with van der Waals surface area (Å²) in [4.78, 5) is 12.3. The van der Waals surface area contributed by atoms with Gasteiger partial charge in [0.25, 0.3) is 5.91 Å². The van der Waals surface area contributed by atoms with Gasteiger partial charge in [-0.15, -0.1) is 0 Å². The van der Waals surface area contributed by atoms with Crippen LogP contribution in [0.5, 0.6) is 0 Å². The second kappa shape index (κ2) is 15.0. The second-order valence-electron chi connectivity index (χ2n) is 7.78. The van der Waals surface area contributed by atoms with Crippen LogP contribution in [0.4, 0.5) is 5.69 Å². The summed E-state index contributed by atoms with van der Waals surface area (Å²) < 4.78 is 2.16. The van der Waals surface area contributed by atoms with Crippen molar-refractivity contribution in [1.29, 1.82) is 0 Å². The average Bonchev–Trinajstić information content (AvgIpc) is 2.76. The van der Waals surface area contributed by atoms with Crippen molar-refractivity contribution in [1.82, 2.24) is 5.43 Å². The summed E-state index contributed by atoms with van der Waals surface area (Å²) in [6.45, 7) is 2.19. The first kappa shape index (κ1) is 29.0. The number of nitrogens with zero attached hydrogens (tertiary/aromatic N) is 1. The fraction of sp³-hybridized carbons (Fsp3) is 0.360. The highest BCUT2D eigenvalue weighted by Crippen LogP contribution is 2.20. The molecule has 0 radical (unpaired) electrons. The number of hydrogen-bond acceptors (Lipinski definition) is 2. The molecule has 0 saturated heterocycles. The second-order valence-corrected chi connectivity index (χ2v) is 10.0. The number of unbranched alkanes of at least 4 members (excludes halogenated alkanes) is 1.